The topological polar surface area (TPSA) is 103 Å². The molecule has 1 rings (SSSR count). The number of carboxylic acid groups (broad SMARTS) is 1. The third-order valence-electron chi connectivity index (χ3n) is 2.36. The summed E-state index contributed by atoms with van der Waals surface area (Å²) in [5.74, 6) is -1.62. The lowest BCUT2D eigenvalue weighted by Crippen LogP contribution is -2.42. The zero-order chi connectivity index (χ0) is 13.0. The maximum atomic E-state index is 11.8. The van der Waals surface area contributed by atoms with Gasteiger partial charge in [-0.05, 0) is 12.5 Å². The van der Waals surface area contributed by atoms with Gasteiger partial charge in [0.25, 0.3) is 11.5 Å². The van der Waals surface area contributed by atoms with Crippen LogP contribution in [-0.2, 0) is 4.79 Å². The van der Waals surface area contributed by atoms with Gasteiger partial charge in [-0.3, -0.25) is 9.59 Å². The summed E-state index contributed by atoms with van der Waals surface area (Å²) in [5, 5.41) is 14.6. The molecule has 0 saturated carbocycles. The van der Waals surface area contributed by atoms with Crippen LogP contribution in [0.4, 0.5) is 0 Å². The summed E-state index contributed by atoms with van der Waals surface area (Å²) >= 11 is 0. The average Bonchev–Trinajstić information content (AvgIpc) is 2.29. The van der Waals surface area contributed by atoms with Crippen LogP contribution in [0.1, 0.15) is 23.8 Å². The van der Waals surface area contributed by atoms with Crippen LogP contribution in [0, 0.1) is 0 Å². The molecule has 1 amide bonds. The van der Waals surface area contributed by atoms with Crippen molar-refractivity contribution in [2.24, 2.45) is 0 Å². The molecule has 1 aromatic rings. The van der Waals surface area contributed by atoms with Crippen LogP contribution in [0.25, 0.3) is 0 Å². The molecule has 0 aromatic carbocycles. The van der Waals surface area contributed by atoms with Crippen LogP contribution in [0.2, 0.25) is 0 Å². The van der Waals surface area contributed by atoms with E-state index < -0.39 is 23.5 Å². The van der Waals surface area contributed by atoms with E-state index in [2.05, 4.69) is 10.2 Å². The van der Waals surface area contributed by atoms with E-state index in [0.717, 1.165) is 11.0 Å². The minimum absolute atomic E-state index is 0.00630. The molecule has 1 aromatic heterocycles. The smallest absolute Gasteiger partial charge is 0.326 e. The lowest BCUT2D eigenvalue weighted by molar-refractivity contribution is -0.142. The number of hydrogen-bond donors (Lipinski definition) is 2. The van der Waals surface area contributed by atoms with Crippen molar-refractivity contribution in [1.82, 2.24) is 15.1 Å². The number of nitrogens with zero attached hydrogens (tertiary/aromatic N) is 2. The molecule has 7 heteroatoms. The Balaban J connectivity index is 2.92. The fraction of sp³-hybridized carbons (Fsp3) is 0.400. The number of aromatic amines is 1. The summed E-state index contributed by atoms with van der Waals surface area (Å²) in [6, 6.07) is 1.51. The van der Waals surface area contributed by atoms with E-state index in [1.54, 1.807) is 6.92 Å². The molecule has 1 heterocycles. The molecule has 0 aliphatic heterocycles. The second-order valence-corrected chi connectivity index (χ2v) is 3.48. The van der Waals surface area contributed by atoms with E-state index in [-0.39, 0.29) is 5.69 Å². The number of carbonyl (C=O) groups excluding carboxylic acids is 1. The van der Waals surface area contributed by atoms with Crippen molar-refractivity contribution in [1.29, 1.82) is 0 Å². The van der Waals surface area contributed by atoms with E-state index in [1.807, 2.05) is 0 Å². The number of rotatable bonds is 4. The molecule has 1 unspecified atom stereocenters. The van der Waals surface area contributed by atoms with Gasteiger partial charge in [-0.15, -0.1) is 0 Å². The molecule has 0 saturated heterocycles. The quantitative estimate of drug-likeness (QED) is 0.751. The first kappa shape index (κ1) is 12.9. The second-order valence-electron chi connectivity index (χ2n) is 3.48. The van der Waals surface area contributed by atoms with Gasteiger partial charge in [-0.1, -0.05) is 6.92 Å². The highest BCUT2D eigenvalue weighted by Crippen LogP contribution is 2.06. The van der Waals surface area contributed by atoms with Gasteiger partial charge < -0.3 is 10.0 Å². The van der Waals surface area contributed by atoms with Gasteiger partial charge in [0.05, 0.1) is 0 Å². The second kappa shape index (κ2) is 5.24. The summed E-state index contributed by atoms with van der Waals surface area (Å²) in [5.41, 5.74) is -0.415. The van der Waals surface area contributed by atoms with Gasteiger partial charge in [-0.2, -0.15) is 5.10 Å². The zero-order valence-electron chi connectivity index (χ0n) is 9.51. The van der Waals surface area contributed by atoms with Gasteiger partial charge in [-0.25, -0.2) is 9.89 Å². The van der Waals surface area contributed by atoms with Crippen molar-refractivity contribution < 1.29 is 14.7 Å². The Kier molecular flexibility index (Phi) is 3.97. The van der Waals surface area contributed by atoms with Gasteiger partial charge >= 0.3 is 5.97 Å². The largest absolute Gasteiger partial charge is 0.480 e. The van der Waals surface area contributed by atoms with Crippen molar-refractivity contribution >= 4 is 11.9 Å². The molecule has 0 spiro atoms. The number of aliphatic carboxylic acids is 1. The summed E-state index contributed by atoms with van der Waals surface area (Å²) in [6.45, 7) is 1.67. The molecule has 7 nitrogen and oxygen atoms in total. The Morgan fingerprint density at radius 3 is 2.59 bits per heavy atom. The molecular formula is C10H13N3O4. The summed E-state index contributed by atoms with van der Waals surface area (Å²) in [4.78, 5) is 34.6. The standard InChI is InChI=1S/C10H13N3O4/c1-3-7(10(16)17)13(2)9(15)6-4-5-8(14)12-11-6/h4-5,7H,3H2,1-2H3,(H,12,14)(H,16,17). The molecule has 1 atom stereocenters. The monoisotopic (exact) mass is 239 g/mol. The number of nitrogens with one attached hydrogen (secondary N) is 1. The molecule has 2 N–H and O–H groups in total. The Hall–Kier alpha value is -2.18. The van der Waals surface area contributed by atoms with Crippen LogP contribution in [0.5, 0.6) is 0 Å². The van der Waals surface area contributed by atoms with E-state index in [0.29, 0.717) is 6.42 Å². The lowest BCUT2D eigenvalue weighted by atomic mass is 10.2. The fourth-order valence-electron chi connectivity index (χ4n) is 1.40. The van der Waals surface area contributed by atoms with Crippen molar-refractivity contribution in [2.45, 2.75) is 19.4 Å². The predicted octanol–water partition coefficient (Wildman–Crippen LogP) is -0.295. The van der Waals surface area contributed by atoms with E-state index in [4.69, 9.17) is 5.11 Å². The number of aromatic nitrogens is 2. The van der Waals surface area contributed by atoms with Crippen LogP contribution in [-0.4, -0.2) is 45.2 Å². The summed E-state index contributed by atoms with van der Waals surface area (Å²) in [6.07, 6.45) is 0.293. The molecule has 0 aliphatic rings. The number of likely N-dealkylation sites (N-methyl/N-ethyl adjacent to an activating group) is 1. The molecule has 17 heavy (non-hydrogen) atoms. The molecule has 0 fully saturated rings. The first-order valence-electron chi connectivity index (χ1n) is 5.03. The van der Waals surface area contributed by atoms with Gasteiger partial charge in [0.2, 0.25) is 0 Å². The number of carboxylic acids is 1. The fourth-order valence-corrected chi connectivity index (χ4v) is 1.40. The molecule has 0 aliphatic carbocycles. The van der Waals surface area contributed by atoms with Gasteiger partial charge in [0.15, 0.2) is 0 Å². The number of H-pyrrole nitrogens is 1. The Morgan fingerprint density at radius 1 is 1.53 bits per heavy atom. The SMILES string of the molecule is CCC(C(=O)O)N(C)C(=O)c1ccc(=O)[nH]n1. The molecular weight excluding hydrogens is 226 g/mol. The average molecular weight is 239 g/mol. The highest BCUT2D eigenvalue weighted by molar-refractivity contribution is 5.94. The highest BCUT2D eigenvalue weighted by atomic mass is 16.4. The van der Waals surface area contributed by atoms with Crippen LogP contribution in [0.15, 0.2) is 16.9 Å². The van der Waals surface area contributed by atoms with Crippen molar-refractivity contribution in [3.05, 3.63) is 28.2 Å². The maximum Gasteiger partial charge on any atom is 0.326 e. The van der Waals surface area contributed by atoms with Gasteiger partial charge in [0.1, 0.15) is 11.7 Å². The normalized spacial score (nSPS) is 11.9. The van der Waals surface area contributed by atoms with Crippen molar-refractivity contribution in [3.63, 3.8) is 0 Å². The van der Waals surface area contributed by atoms with E-state index in [1.165, 1.54) is 13.1 Å². The van der Waals surface area contributed by atoms with Crippen LogP contribution in [0.3, 0.4) is 0 Å². The van der Waals surface area contributed by atoms with Crippen molar-refractivity contribution in [2.75, 3.05) is 7.05 Å². The maximum absolute atomic E-state index is 11.8. The minimum atomic E-state index is -1.08. The molecule has 0 bridgehead atoms. The Morgan fingerprint density at radius 2 is 2.18 bits per heavy atom. The lowest BCUT2D eigenvalue weighted by Gasteiger charge is -2.22. The minimum Gasteiger partial charge on any atom is -0.480 e. The summed E-state index contributed by atoms with van der Waals surface area (Å²) in [7, 11) is 1.39. The number of amides is 1. The summed E-state index contributed by atoms with van der Waals surface area (Å²) < 4.78 is 0. The number of hydrogen-bond acceptors (Lipinski definition) is 4. The Bertz CT molecular complexity index is 462. The van der Waals surface area contributed by atoms with Crippen LogP contribution < -0.4 is 5.56 Å². The molecule has 92 valence electrons. The third-order valence-corrected chi connectivity index (χ3v) is 2.36. The van der Waals surface area contributed by atoms with E-state index >= 15 is 0 Å². The first-order chi connectivity index (χ1) is 7.97. The zero-order valence-corrected chi connectivity index (χ0v) is 9.51. The van der Waals surface area contributed by atoms with Crippen molar-refractivity contribution in [3.8, 4) is 0 Å². The highest BCUT2D eigenvalue weighted by Gasteiger charge is 2.26. The predicted molar refractivity (Wildman–Crippen MR) is 58.7 cm³/mol. The van der Waals surface area contributed by atoms with Gasteiger partial charge in [0, 0.05) is 13.1 Å². The third kappa shape index (κ3) is 2.90. The van der Waals surface area contributed by atoms with Crippen LogP contribution >= 0.6 is 0 Å². The first-order valence-corrected chi connectivity index (χ1v) is 5.03. The number of carbonyl (C=O) groups is 2. The molecule has 0 radical (unpaired) electrons. The van der Waals surface area contributed by atoms with E-state index in [9.17, 15) is 14.4 Å². The Labute approximate surface area is 97.1 Å².